The molecule has 1 saturated heterocycles. The molecule has 25 heavy (non-hydrogen) atoms. The van der Waals surface area contributed by atoms with Gasteiger partial charge in [-0.2, -0.15) is 4.31 Å². The summed E-state index contributed by atoms with van der Waals surface area (Å²) < 4.78 is 77.7. The maximum Gasteiger partial charge on any atom is 0.243 e. The fraction of sp³-hybridized carbons (Fsp3) is 0.333. The van der Waals surface area contributed by atoms with Gasteiger partial charge in [0.15, 0.2) is 21.5 Å². The topological polar surface area (TPSA) is 71.5 Å². The molecule has 1 atom stereocenters. The number of sulfone groups is 1. The van der Waals surface area contributed by atoms with E-state index in [1.165, 1.54) is 11.3 Å². The molecule has 2 aromatic rings. The molecular formula is C15H15F2NO4S3. The van der Waals surface area contributed by atoms with E-state index in [4.69, 9.17) is 0 Å². The van der Waals surface area contributed by atoms with E-state index in [1.54, 1.807) is 17.5 Å². The van der Waals surface area contributed by atoms with Gasteiger partial charge in [0.25, 0.3) is 0 Å². The smallest absolute Gasteiger partial charge is 0.228 e. The average Bonchev–Trinajstić information content (AvgIpc) is 3.01. The standard InChI is InChI=1S/C15H15F2NO4S3/c16-12-4-3-11(10-13(12)17)25(21,22)18-6-5-15(14-2-1-8-23-14)24(19,20)9-7-18/h1-4,8,10,15H,5-7,9H2. The molecule has 0 bridgehead atoms. The lowest BCUT2D eigenvalue weighted by molar-refractivity contribution is 0.427. The van der Waals surface area contributed by atoms with Crippen molar-refractivity contribution in [2.45, 2.75) is 16.6 Å². The Balaban J connectivity index is 1.90. The number of rotatable bonds is 3. The lowest BCUT2D eigenvalue weighted by Gasteiger charge is -2.19. The summed E-state index contributed by atoms with van der Waals surface area (Å²) in [4.78, 5) is 0.283. The highest BCUT2D eigenvalue weighted by atomic mass is 32.2. The Bertz CT molecular complexity index is 972. The van der Waals surface area contributed by atoms with Crippen LogP contribution in [0.4, 0.5) is 8.78 Å². The Hall–Kier alpha value is -1.36. The lowest BCUT2D eigenvalue weighted by atomic mass is 10.2. The van der Waals surface area contributed by atoms with Gasteiger partial charge in [-0.25, -0.2) is 25.6 Å². The molecule has 3 rings (SSSR count). The molecule has 0 N–H and O–H groups in total. The molecule has 0 spiro atoms. The van der Waals surface area contributed by atoms with Crippen molar-refractivity contribution in [2.24, 2.45) is 0 Å². The van der Waals surface area contributed by atoms with Crippen LogP contribution in [-0.4, -0.2) is 40.0 Å². The van der Waals surface area contributed by atoms with Crippen LogP contribution >= 0.6 is 11.3 Å². The second kappa shape index (κ2) is 6.75. The highest BCUT2D eigenvalue weighted by molar-refractivity contribution is 7.92. The number of halogens is 2. The third-order valence-corrected chi connectivity index (χ3v) is 9.23. The first kappa shape index (κ1) is 18.4. The average molecular weight is 407 g/mol. The Morgan fingerprint density at radius 3 is 2.52 bits per heavy atom. The van der Waals surface area contributed by atoms with Crippen LogP contribution in [0, 0.1) is 11.6 Å². The largest absolute Gasteiger partial charge is 0.243 e. The summed E-state index contributed by atoms with van der Waals surface area (Å²) >= 11 is 1.31. The van der Waals surface area contributed by atoms with Crippen molar-refractivity contribution in [2.75, 3.05) is 18.8 Å². The maximum absolute atomic E-state index is 13.4. The fourth-order valence-electron chi connectivity index (χ4n) is 2.74. The molecule has 1 aromatic heterocycles. The quantitative estimate of drug-likeness (QED) is 0.784. The SMILES string of the molecule is O=S1(=O)CCN(S(=O)(=O)c2ccc(F)c(F)c2)CCC1c1cccs1. The van der Waals surface area contributed by atoms with Crippen LogP contribution in [0.25, 0.3) is 0 Å². The van der Waals surface area contributed by atoms with Crippen molar-refractivity contribution >= 4 is 31.2 Å². The lowest BCUT2D eigenvalue weighted by Crippen LogP contribution is -2.33. The van der Waals surface area contributed by atoms with Gasteiger partial charge < -0.3 is 0 Å². The van der Waals surface area contributed by atoms with Gasteiger partial charge in [0.2, 0.25) is 10.0 Å². The highest BCUT2D eigenvalue weighted by Crippen LogP contribution is 2.33. The molecule has 0 radical (unpaired) electrons. The van der Waals surface area contributed by atoms with Crippen LogP contribution in [0.15, 0.2) is 40.6 Å². The van der Waals surface area contributed by atoms with Gasteiger partial charge in [-0.05, 0) is 36.1 Å². The first-order chi connectivity index (χ1) is 11.7. The molecule has 1 unspecified atom stereocenters. The minimum atomic E-state index is -4.10. The summed E-state index contributed by atoms with van der Waals surface area (Å²) in [6.45, 7) is -0.228. The Kier molecular flexibility index (Phi) is 4.97. The molecular weight excluding hydrogens is 392 g/mol. The second-order valence-corrected chi connectivity index (χ2v) is 10.9. The zero-order valence-electron chi connectivity index (χ0n) is 12.9. The van der Waals surface area contributed by atoms with Crippen molar-refractivity contribution in [3.63, 3.8) is 0 Å². The molecule has 1 aliphatic rings. The number of hydrogen-bond acceptors (Lipinski definition) is 5. The normalized spacial score (nSPS) is 21.8. The van der Waals surface area contributed by atoms with Crippen LogP contribution in [0.1, 0.15) is 16.5 Å². The van der Waals surface area contributed by atoms with Crippen LogP contribution in [0.5, 0.6) is 0 Å². The number of nitrogens with zero attached hydrogens (tertiary/aromatic N) is 1. The van der Waals surface area contributed by atoms with Gasteiger partial charge in [-0.3, -0.25) is 0 Å². The van der Waals surface area contributed by atoms with E-state index in [9.17, 15) is 25.6 Å². The van der Waals surface area contributed by atoms with Crippen molar-refractivity contribution in [1.29, 1.82) is 0 Å². The number of hydrogen-bond donors (Lipinski definition) is 0. The second-order valence-electron chi connectivity index (χ2n) is 5.64. The first-order valence-electron chi connectivity index (χ1n) is 7.42. The van der Waals surface area contributed by atoms with Crippen LogP contribution in [0.2, 0.25) is 0 Å². The summed E-state index contributed by atoms with van der Waals surface area (Å²) in [5.74, 6) is -2.73. The van der Waals surface area contributed by atoms with Gasteiger partial charge in [-0.15, -0.1) is 11.3 Å². The molecule has 5 nitrogen and oxygen atoms in total. The third kappa shape index (κ3) is 3.62. The highest BCUT2D eigenvalue weighted by Gasteiger charge is 2.36. The van der Waals surface area contributed by atoms with Crippen molar-refractivity contribution < 1.29 is 25.6 Å². The molecule has 1 aromatic carbocycles. The summed E-state index contributed by atoms with van der Waals surface area (Å²) in [5.41, 5.74) is 0. The maximum atomic E-state index is 13.4. The van der Waals surface area contributed by atoms with Gasteiger partial charge in [-0.1, -0.05) is 6.07 Å². The molecule has 10 heteroatoms. The predicted molar refractivity (Wildman–Crippen MR) is 90.6 cm³/mol. The van der Waals surface area contributed by atoms with E-state index in [1.807, 2.05) is 0 Å². The van der Waals surface area contributed by atoms with Gasteiger partial charge >= 0.3 is 0 Å². The van der Waals surface area contributed by atoms with E-state index in [0.717, 1.165) is 16.4 Å². The number of sulfonamides is 1. The Morgan fingerprint density at radius 2 is 1.88 bits per heavy atom. The minimum Gasteiger partial charge on any atom is -0.228 e. The molecule has 0 saturated carbocycles. The van der Waals surface area contributed by atoms with Crippen LogP contribution in [0.3, 0.4) is 0 Å². The van der Waals surface area contributed by atoms with E-state index in [-0.39, 0.29) is 25.3 Å². The molecule has 0 aliphatic carbocycles. The third-order valence-electron chi connectivity index (χ3n) is 4.09. The fourth-order valence-corrected chi connectivity index (χ4v) is 7.33. The van der Waals surface area contributed by atoms with E-state index < -0.39 is 41.6 Å². The van der Waals surface area contributed by atoms with Gasteiger partial charge in [0.05, 0.1) is 15.9 Å². The molecule has 0 amide bonds. The molecule has 2 heterocycles. The first-order valence-corrected chi connectivity index (χ1v) is 11.5. The van der Waals surface area contributed by atoms with Gasteiger partial charge in [0, 0.05) is 18.0 Å². The zero-order valence-corrected chi connectivity index (χ0v) is 15.4. The van der Waals surface area contributed by atoms with Crippen molar-refractivity contribution in [3.05, 3.63) is 52.2 Å². The van der Waals surface area contributed by atoms with Crippen molar-refractivity contribution in [1.82, 2.24) is 4.31 Å². The van der Waals surface area contributed by atoms with Gasteiger partial charge in [0.1, 0.15) is 0 Å². The van der Waals surface area contributed by atoms with E-state index in [0.29, 0.717) is 10.9 Å². The molecule has 1 fully saturated rings. The molecule has 1 aliphatic heterocycles. The summed E-state index contributed by atoms with van der Waals surface area (Å²) in [5, 5.41) is 1.02. The van der Waals surface area contributed by atoms with E-state index in [2.05, 4.69) is 0 Å². The summed E-state index contributed by atoms with van der Waals surface area (Å²) in [6, 6.07) is 5.79. The summed E-state index contributed by atoms with van der Waals surface area (Å²) in [6.07, 6.45) is 0.117. The van der Waals surface area contributed by atoms with Crippen LogP contribution in [-0.2, 0) is 19.9 Å². The summed E-state index contributed by atoms with van der Waals surface area (Å²) in [7, 11) is -7.60. The molecule has 136 valence electrons. The zero-order chi connectivity index (χ0) is 18.2. The Labute approximate surface area is 148 Å². The van der Waals surface area contributed by atoms with E-state index >= 15 is 0 Å². The van der Waals surface area contributed by atoms with Crippen molar-refractivity contribution in [3.8, 4) is 0 Å². The number of benzene rings is 1. The number of thiophene rings is 1. The monoisotopic (exact) mass is 407 g/mol. The predicted octanol–water partition coefficient (Wildman–Crippen LogP) is 2.58. The Morgan fingerprint density at radius 1 is 1.12 bits per heavy atom. The minimum absolute atomic E-state index is 0.0108. The van der Waals surface area contributed by atoms with Crippen LogP contribution < -0.4 is 0 Å².